The highest BCUT2D eigenvalue weighted by Gasteiger charge is 2.46. The van der Waals surface area contributed by atoms with Gasteiger partial charge in [-0.2, -0.15) is 0 Å². The second kappa shape index (κ2) is 4.01. The van der Waals surface area contributed by atoms with Crippen LogP contribution < -0.4 is 0 Å². The highest BCUT2D eigenvalue weighted by atomic mass is 16.3. The standard InChI is InChI=1S/C12H20O2/c13-10-6-3-1-2-4-8-12(10)9-5-7-11(12)14/h11,14H,1-9H2/t11-,12?/m0/s1. The maximum atomic E-state index is 12.0. The number of Topliss-reactive ketones (excluding diaryl/α,β-unsaturated/α-hetero) is 1. The number of carbonyl (C=O) groups excluding carboxylic acids is 1. The summed E-state index contributed by atoms with van der Waals surface area (Å²) < 4.78 is 0. The fourth-order valence-corrected chi connectivity index (χ4v) is 3.14. The summed E-state index contributed by atoms with van der Waals surface area (Å²) in [5.41, 5.74) is -0.319. The molecule has 1 unspecified atom stereocenters. The molecule has 2 rings (SSSR count). The minimum atomic E-state index is -0.340. The Kier molecular flexibility index (Phi) is 2.91. The fraction of sp³-hybridized carbons (Fsp3) is 0.917. The van der Waals surface area contributed by atoms with E-state index in [0.29, 0.717) is 12.2 Å². The van der Waals surface area contributed by atoms with E-state index in [-0.39, 0.29) is 11.5 Å². The van der Waals surface area contributed by atoms with E-state index in [4.69, 9.17) is 0 Å². The zero-order valence-electron chi connectivity index (χ0n) is 8.80. The highest BCUT2D eigenvalue weighted by molar-refractivity contribution is 5.85. The molecular formula is C12H20O2. The molecule has 0 aromatic rings. The van der Waals surface area contributed by atoms with Gasteiger partial charge >= 0.3 is 0 Å². The van der Waals surface area contributed by atoms with Gasteiger partial charge in [0.05, 0.1) is 11.5 Å². The van der Waals surface area contributed by atoms with Crippen molar-refractivity contribution in [3.05, 3.63) is 0 Å². The van der Waals surface area contributed by atoms with Crippen LogP contribution in [0.25, 0.3) is 0 Å². The molecule has 0 aromatic heterocycles. The Morgan fingerprint density at radius 1 is 1.07 bits per heavy atom. The lowest BCUT2D eigenvalue weighted by molar-refractivity contribution is -0.135. The summed E-state index contributed by atoms with van der Waals surface area (Å²) in [5.74, 6) is 0.349. The molecule has 0 saturated heterocycles. The van der Waals surface area contributed by atoms with E-state index >= 15 is 0 Å². The third-order valence-electron chi connectivity index (χ3n) is 4.07. The van der Waals surface area contributed by atoms with Gasteiger partial charge in [-0.05, 0) is 32.1 Å². The Bertz CT molecular complexity index is 224. The second-order valence-corrected chi connectivity index (χ2v) is 4.90. The van der Waals surface area contributed by atoms with Crippen LogP contribution in [0.4, 0.5) is 0 Å². The first-order valence-corrected chi connectivity index (χ1v) is 5.97. The molecule has 0 bridgehead atoms. The van der Waals surface area contributed by atoms with E-state index in [1.165, 1.54) is 12.8 Å². The summed E-state index contributed by atoms with van der Waals surface area (Å²) in [6, 6.07) is 0. The summed E-state index contributed by atoms with van der Waals surface area (Å²) in [6.45, 7) is 0. The Labute approximate surface area is 85.7 Å². The minimum absolute atomic E-state index is 0.319. The number of carbonyl (C=O) groups is 1. The molecule has 0 heterocycles. The van der Waals surface area contributed by atoms with Crippen molar-refractivity contribution in [1.82, 2.24) is 0 Å². The first-order chi connectivity index (χ1) is 6.76. The molecule has 1 spiro atoms. The quantitative estimate of drug-likeness (QED) is 0.646. The molecular weight excluding hydrogens is 176 g/mol. The first kappa shape index (κ1) is 10.2. The second-order valence-electron chi connectivity index (χ2n) is 4.90. The Morgan fingerprint density at radius 2 is 1.79 bits per heavy atom. The maximum absolute atomic E-state index is 12.0. The average molecular weight is 196 g/mol. The lowest BCUT2D eigenvalue weighted by Gasteiger charge is -2.32. The van der Waals surface area contributed by atoms with Gasteiger partial charge in [0.1, 0.15) is 5.78 Å². The third kappa shape index (κ3) is 1.60. The van der Waals surface area contributed by atoms with Gasteiger partial charge < -0.3 is 5.11 Å². The molecule has 80 valence electrons. The highest BCUT2D eigenvalue weighted by Crippen LogP contribution is 2.45. The molecule has 2 nitrogen and oxygen atoms in total. The van der Waals surface area contributed by atoms with Crippen molar-refractivity contribution in [2.45, 2.75) is 63.9 Å². The van der Waals surface area contributed by atoms with Crippen LogP contribution in [0.3, 0.4) is 0 Å². The number of rotatable bonds is 0. The first-order valence-electron chi connectivity index (χ1n) is 5.97. The van der Waals surface area contributed by atoms with Gasteiger partial charge in [-0.25, -0.2) is 0 Å². The summed E-state index contributed by atoms with van der Waals surface area (Å²) in [7, 11) is 0. The zero-order chi connectivity index (χ0) is 10.0. The molecule has 14 heavy (non-hydrogen) atoms. The van der Waals surface area contributed by atoms with Crippen molar-refractivity contribution >= 4 is 5.78 Å². The monoisotopic (exact) mass is 196 g/mol. The van der Waals surface area contributed by atoms with Crippen LogP contribution in [-0.2, 0) is 4.79 Å². The van der Waals surface area contributed by atoms with Gasteiger partial charge in [-0.15, -0.1) is 0 Å². The smallest absolute Gasteiger partial charge is 0.141 e. The molecule has 0 aromatic carbocycles. The lowest BCUT2D eigenvalue weighted by atomic mass is 9.72. The molecule has 1 N–H and O–H groups in total. The van der Waals surface area contributed by atoms with E-state index in [9.17, 15) is 9.90 Å². The largest absolute Gasteiger partial charge is 0.392 e. The van der Waals surface area contributed by atoms with E-state index in [1.807, 2.05) is 0 Å². The van der Waals surface area contributed by atoms with Crippen LogP contribution in [0.5, 0.6) is 0 Å². The van der Waals surface area contributed by atoms with Gasteiger partial charge in [0.25, 0.3) is 0 Å². The van der Waals surface area contributed by atoms with Crippen LogP contribution >= 0.6 is 0 Å². The van der Waals surface area contributed by atoms with Crippen LogP contribution in [0, 0.1) is 5.41 Å². The van der Waals surface area contributed by atoms with Crippen molar-refractivity contribution in [3.63, 3.8) is 0 Å². The summed E-state index contributed by atoms with van der Waals surface area (Å²) in [6.07, 6.45) is 8.71. The topological polar surface area (TPSA) is 37.3 Å². The molecule has 2 atom stereocenters. The number of hydrogen-bond donors (Lipinski definition) is 1. The SMILES string of the molecule is O=C1CCCCCCC12CCC[C@@H]2O. The van der Waals surface area contributed by atoms with Crippen molar-refractivity contribution in [2.75, 3.05) is 0 Å². The predicted octanol–water partition coefficient (Wildman–Crippen LogP) is 2.44. The Hall–Kier alpha value is -0.370. The van der Waals surface area contributed by atoms with Crippen molar-refractivity contribution in [2.24, 2.45) is 5.41 Å². The van der Waals surface area contributed by atoms with E-state index in [0.717, 1.165) is 38.5 Å². The van der Waals surface area contributed by atoms with Gasteiger partial charge in [0, 0.05) is 6.42 Å². The maximum Gasteiger partial charge on any atom is 0.141 e. The Balaban J connectivity index is 2.15. The lowest BCUT2D eigenvalue weighted by Crippen LogP contribution is -2.39. The predicted molar refractivity (Wildman–Crippen MR) is 55.0 cm³/mol. The minimum Gasteiger partial charge on any atom is -0.392 e. The van der Waals surface area contributed by atoms with E-state index < -0.39 is 0 Å². The Morgan fingerprint density at radius 3 is 2.50 bits per heavy atom. The van der Waals surface area contributed by atoms with Crippen LogP contribution in [-0.4, -0.2) is 17.0 Å². The molecule has 2 aliphatic carbocycles. The van der Waals surface area contributed by atoms with Crippen LogP contribution in [0.2, 0.25) is 0 Å². The molecule has 2 fully saturated rings. The molecule has 2 heteroatoms. The summed E-state index contributed by atoms with van der Waals surface area (Å²) >= 11 is 0. The molecule has 2 aliphatic rings. The molecule has 2 saturated carbocycles. The van der Waals surface area contributed by atoms with Gasteiger partial charge in [-0.1, -0.05) is 19.3 Å². The van der Waals surface area contributed by atoms with E-state index in [2.05, 4.69) is 0 Å². The van der Waals surface area contributed by atoms with Crippen LogP contribution in [0.15, 0.2) is 0 Å². The average Bonchev–Trinajstić information content (AvgIpc) is 2.52. The fourth-order valence-electron chi connectivity index (χ4n) is 3.14. The molecule has 0 amide bonds. The number of aliphatic hydroxyl groups is 1. The third-order valence-corrected chi connectivity index (χ3v) is 4.07. The van der Waals surface area contributed by atoms with Gasteiger partial charge in [-0.3, -0.25) is 4.79 Å². The van der Waals surface area contributed by atoms with Crippen molar-refractivity contribution in [1.29, 1.82) is 0 Å². The number of hydrogen-bond acceptors (Lipinski definition) is 2. The van der Waals surface area contributed by atoms with E-state index in [1.54, 1.807) is 0 Å². The molecule has 0 radical (unpaired) electrons. The summed E-state index contributed by atoms with van der Waals surface area (Å²) in [4.78, 5) is 12.0. The van der Waals surface area contributed by atoms with Gasteiger partial charge in [0.2, 0.25) is 0 Å². The number of ketones is 1. The van der Waals surface area contributed by atoms with Crippen molar-refractivity contribution in [3.8, 4) is 0 Å². The summed E-state index contributed by atoms with van der Waals surface area (Å²) in [5, 5.41) is 9.97. The zero-order valence-corrected chi connectivity index (χ0v) is 8.80. The van der Waals surface area contributed by atoms with Crippen LogP contribution in [0.1, 0.15) is 57.8 Å². The molecule has 0 aliphatic heterocycles. The van der Waals surface area contributed by atoms with Crippen molar-refractivity contribution < 1.29 is 9.90 Å². The number of aliphatic hydroxyl groups excluding tert-OH is 1. The normalized spacial score (nSPS) is 39.8. The van der Waals surface area contributed by atoms with Gasteiger partial charge in [0.15, 0.2) is 0 Å².